The molecule has 0 aliphatic rings. The van der Waals surface area contributed by atoms with E-state index in [2.05, 4.69) is 15.4 Å². The summed E-state index contributed by atoms with van der Waals surface area (Å²) in [7, 11) is 0. The largest absolute Gasteiger partial charge is 0.363 e. The number of nitriles is 1. The average Bonchev–Trinajstić information content (AvgIpc) is 3.38. The van der Waals surface area contributed by atoms with E-state index in [-0.39, 0.29) is 23.4 Å². The number of nitrogens with one attached hydrogen (secondary N) is 1. The number of carbonyl (C=O) groups is 3. The van der Waals surface area contributed by atoms with Gasteiger partial charge in [0.25, 0.3) is 11.8 Å². The number of ketones is 1. The average molecular weight is 464 g/mol. The van der Waals surface area contributed by atoms with Crippen LogP contribution in [0.15, 0.2) is 85.2 Å². The Morgan fingerprint density at radius 2 is 1.71 bits per heavy atom. The van der Waals surface area contributed by atoms with Crippen molar-refractivity contribution in [3.63, 3.8) is 0 Å². The summed E-state index contributed by atoms with van der Waals surface area (Å²) >= 11 is 0. The van der Waals surface area contributed by atoms with Gasteiger partial charge in [-0.05, 0) is 17.7 Å². The van der Waals surface area contributed by atoms with Crippen molar-refractivity contribution < 1.29 is 14.4 Å². The lowest BCUT2D eigenvalue weighted by Crippen LogP contribution is -2.47. The van der Waals surface area contributed by atoms with Gasteiger partial charge in [-0.1, -0.05) is 60.7 Å². The fourth-order valence-electron chi connectivity index (χ4n) is 3.54. The number of amides is 2. The van der Waals surface area contributed by atoms with Crippen molar-refractivity contribution in [3.05, 3.63) is 102 Å². The highest BCUT2D eigenvalue weighted by Gasteiger charge is 2.27. The van der Waals surface area contributed by atoms with Gasteiger partial charge >= 0.3 is 0 Å². The SMILES string of the molecule is N#Cc1cnc(-n2ccc(-c3ccccc3)n2)c(C(=O)NC(Cc2ccccc2)C(=O)C(N)=O)c1. The van der Waals surface area contributed by atoms with E-state index >= 15 is 0 Å². The minimum atomic E-state index is -1.20. The summed E-state index contributed by atoms with van der Waals surface area (Å²) < 4.78 is 1.42. The number of nitrogens with two attached hydrogens (primary N) is 1. The Morgan fingerprint density at radius 1 is 1.03 bits per heavy atom. The van der Waals surface area contributed by atoms with Gasteiger partial charge in [0.1, 0.15) is 12.1 Å². The standard InChI is InChI=1S/C26H20N6O3/c27-15-18-13-20(25(29-16-18)32-12-11-21(31-32)19-9-5-2-6-10-19)26(35)30-22(23(33)24(28)34)14-17-7-3-1-4-8-17/h1-13,16,22H,14H2,(H2,28,34)(H,30,35). The van der Waals surface area contributed by atoms with E-state index in [1.165, 1.54) is 16.9 Å². The number of pyridine rings is 1. The summed E-state index contributed by atoms with van der Waals surface area (Å²) in [5, 5.41) is 16.4. The molecule has 3 N–H and O–H groups in total. The molecule has 0 bridgehead atoms. The van der Waals surface area contributed by atoms with Crippen molar-refractivity contribution in [2.45, 2.75) is 12.5 Å². The first-order valence-corrected chi connectivity index (χ1v) is 10.7. The van der Waals surface area contributed by atoms with E-state index in [0.29, 0.717) is 5.69 Å². The van der Waals surface area contributed by atoms with Crippen molar-refractivity contribution in [1.82, 2.24) is 20.1 Å². The van der Waals surface area contributed by atoms with E-state index < -0.39 is 23.6 Å². The number of hydrogen-bond donors (Lipinski definition) is 2. The molecule has 1 atom stereocenters. The topological polar surface area (TPSA) is 144 Å². The molecule has 2 heterocycles. The third-order valence-electron chi connectivity index (χ3n) is 5.26. The number of aromatic nitrogens is 3. The zero-order valence-corrected chi connectivity index (χ0v) is 18.5. The molecule has 2 aromatic heterocycles. The number of nitrogens with zero attached hydrogens (tertiary/aromatic N) is 4. The third-order valence-corrected chi connectivity index (χ3v) is 5.26. The Bertz CT molecular complexity index is 1420. The molecule has 9 nitrogen and oxygen atoms in total. The summed E-state index contributed by atoms with van der Waals surface area (Å²) in [6.07, 6.45) is 3.03. The molecule has 0 radical (unpaired) electrons. The van der Waals surface area contributed by atoms with Crippen molar-refractivity contribution in [2.75, 3.05) is 0 Å². The smallest absolute Gasteiger partial charge is 0.287 e. The van der Waals surface area contributed by atoms with Crippen LogP contribution in [0.3, 0.4) is 0 Å². The van der Waals surface area contributed by atoms with Crippen LogP contribution in [0.4, 0.5) is 0 Å². The number of benzene rings is 2. The minimum Gasteiger partial charge on any atom is -0.363 e. The lowest BCUT2D eigenvalue weighted by Gasteiger charge is -2.17. The van der Waals surface area contributed by atoms with E-state index in [9.17, 15) is 19.6 Å². The molecular formula is C26H20N6O3. The van der Waals surface area contributed by atoms with Crippen LogP contribution in [0.25, 0.3) is 17.1 Å². The second-order valence-electron chi connectivity index (χ2n) is 7.66. The van der Waals surface area contributed by atoms with E-state index in [1.54, 1.807) is 36.5 Å². The fraction of sp³-hybridized carbons (Fsp3) is 0.0769. The van der Waals surface area contributed by atoms with Gasteiger partial charge in [0.2, 0.25) is 5.78 Å². The lowest BCUT2D eigenvalue weighted by molar-refractivity contribution is -0.137. The Labute approximate surface area is 200 Å². The molecule has 0 spiro atoms. The molecule has 9 heteroatoms. The molecule has 35 heavy (non-hydrogen) atoms. The number of hydrogen-bond acceptors (Lipinski definition) is 6. The number of Topliss-reactive ketones (excluding diaryl/α,β-unsaturated/α-hetero) is 1. The highest BCUT2D eigenvalue weighted by molar-refractivity contribution is 6.38. The molecule has 2 amide bonds. The molecule has 0 aliphatic carbocycles. The third kappa shape index (κ3) is 5.29. The number of primary amides is 1. The van der Waals surface area contributed by atoms with Crippen LogP contribution in [-0.2, 0) is 16.0 Å². The second kappa shape index (κ2) is 10.2. The number of rotatable bonds is 8. The van der Waals surface area contributed by atoms with Crippen molar-refractivity contribution in [1.29, 1.82) is 5.26 Å². The zero-order valence-electron chi connectivity index (χ0n) is 18.5. The predicted octanol–water partition coefficient (Wildman–Crippen LogP) is 2.20. The highest BCUT2D eigenvalue weighted by atomic mass is 16.2. The van der Waals surface area contributed by atoms with Crippen LogP contribution < -0.4 is 11.1 Å². The van der Waals surface area contributed by atoms with Gasteiger partial charge in [-0.2, -0.15) is 10.4 Å². The Hall–Kier alpha value is -5.10. The highest BCUT2D eigenvalue weighted by Crippen LogP contribution is 2.20. The summed E-state index contributed by atoms with van der Waals surface area (Å²) in [5.74, 6) is -2.63. The first kappa shape index (κ1) is 23.1. The monoisotopic (exact) mass is 464 g/mol. The molecule has 172 valence electrons. The minimum absolute atomic E-state index is 0.0158. The van der Waals surface area contributed by atoms with Gasteiger partial charge in [0, 0.05) is 24.4 Å². The first-order chi connectivity index (χ1) is 17.0. The Kier molecular flexibility index (Phi) is 6.74. The van der Waals surface area contributed by atoms with Gasteiger partial charge in [0.05, 0.1) is 16.8 Å². The van der Waals surface area contributed by atoms with Crippen LogP contribution >= 0.6 is 0 Å². The molecule has 4 rings (SSSR count). The van der Waals surface area contributed by atoms with Gasteiger partial charge in [-0.25, -0.2) is 9.67 Å². The predicted molar refractivity (Wildman–Crippen MR) is 127 cm³/mol. The maximum atomic E-state index is 13.3. The summed E-state index contributed by atoms with van der Waals surface area (Å²) in [6.45, 7) is 0. The van der Waals surface area contributed by atoms with Crippen molar-refractivity contribution in [2.24, 2.45) is 5.73 Å². The van der Waals surface area contributed by atoms with Gasteiger partial charge in [-0.15, -0.1) is 0 Å². The van der Waals surface area contributed by atoms with Crippen LogP contribution in [-0.4, -0.2) is 38.4 Å². The van der Waals surface area contributed by atoms with Crippen molar-refractivity contribution >= 4 is 17.6 Å². The quantitative estimate of drug-likeness (QED) is 0.383. The maximum absolute atomic E-state index is 13.3. The molecule has 0 fully saturated rings. The van der Waals surface area contributed by atoms with Gasteiger partial charge in [0.15, 0.2) is 5.82 Å². The molecule has 1 unspecified atom stereocenters. The molecule has 0 aliphatic heterocycles. The Morgan fingerprint density at radius 3 is 2.37 bits per heavy atom. The normalized spacial score (nSPS) is 11.3. The van der Waals surface area contributed by atoms with Crippen LogP contribution in [0.1, 0.15) is 21.5 Å². The summed E-state index contributed by atoms with van der Waals surface area (Å²) in [4.78, 5) is 41.7. The fourth-order valence-corrected chi connectivity index (χ4v) is 3.54. The number of carbonyl (C=O) groups excluding carboxylic acids is 3. The Balaban J connectivity index is 1.68. The zero-order chi connectivity index (χ0) is 24.8. The second-order valence-corrected chi connectivity index (χ2v) is 7.66. The summed E-state index contributed by atoms with van der Waals surface area (Å²) in [6, 6.07) is 22.3. The molecular weight excluding hydrogens is 444 g/mol. The van der Waals surface area contributed by atoms with Crippen LogP contribution in [0.5, 0.6) is 0 Å². The first-order valence-electron chi connectivity index (χ1n) is 10.7. The van der Waals surface area contributed by atoms with E-state index in [0.717, 1.165) is 11.1 Å². The van der Waals surface area contributed by atoms with Gasteiger partial charge < -0.3 is 11.1 Å². The van der Waals surface area contributed by atoms with Crippen molar-refractivity contribution in [3.8, 4) is 23.1 Å². The summed E-state index contributed by atoms with van der Waals surface area (Å²) in [5.41, 5.74) is 7.65. The maximum Gasteiger partial charge on any atom is 0.287 e. The lowest BCUT2D eigenvalue weighted by atomic mass is 10.0. The molecule has 0 saturated carbocycles. The van der Waals surface area contributed by atoms with Crippen LogP contribution in [0, 0.1) is 11.3 Å². The van der Waals surface area contributed by atoms with Gasteiger partial charge in [-0.3, -0.25) is 14.4 Å². The van der Waals surface area contributed by atoms with E-state index in [4.69, 9.17) is 5.73 Å². The molecule has 2 aromatic carbocycles. The molecule has 0 saturated heterocycles. The van der Waals surface area contributed by atoms with Crippen LogP contribution in [0.2, 0.25) is 0 Å². The van der Waals surface area contributed by atoms with E-state index in [1.807, 2.05) is 42.5 Å². The molecule has 4 aromatic rings.